The summed E-state index contributed by atoms with van der Waals surface area (Å²) in [6, 6.07) is 0. The van der Waals surface area contributed by atoms with Crippen molar-refractivity contribution in [2.75, 3.05) is 0 Å². The van der Waals surface area contributed by atoms with Crippen LogP contribution in [-0.4, -0.2) is 62.5 Å². The molecule has 38 heavy (non-hydrogen) atoms. The Hall–Kier alpha value is 0.690. The van der Waals surface area contributed by atoms with E-state index in [1.165, 1.54) is 0 Å². The third-order valence-corrected chi connectivity index (χ3v) is 17.0. The Balaban J connectivity index is 1.61. The first kappa shape index (κ1) is 31.6. The third-order valence-electron chi connectivity index (χ3n) is 9.84. The van der Waals surface area contributed by atoms with Gasteiger partial charge in [-0.3, -0.25) is 0 Å². The molecule has 222 valence electrons. The molecule has 0 amide bonds. The van der Waals surface area contributed by atoms with Gasteiger partial charge in [-0.15, -0.1) is 0 Å². The number of nitrogens with one attached hydrogen (secondary N) is 2. The molecule has 7 atom stereocenters. The molecule has 6 N–H and O–H groups in total. The summed E-state index contributed by atoms with van der Waals surface area (Å²) in [7, 11) is 0. The van der Waals surface area contributed by atoms with E-state index in [-0.39, 0.29) is 55.2 Å². The summed E-state index contributed by atoms with van der Waals surface area (Å²) >= 11 is 0.901. The Morgan fingerprint density at radius 3 is 1.39 bits per heavy atom. The number of carbonyl (C=O) groups is 1. The van der Waals surface area contributed by atoms with E-state index in [9.17, 15) is 25.2 Å². The first-order valence-corrected chi connectivity index (χ1v) is 18.6. The van der Waals surface area contributed by atoms with Gasteiger partial charge < -0.3 is 0 Å². The van der Waals surface area contributed by atoms with Gasteiger partial charge in [0.1, 0.15) is 0 Å². The van der Waals surface area contributed by atoms with Crippen LogP contribution in [0, 0.1) is 35.5 Å². The van der Waals surface area contributed by atoms with Gasteiger partial charge in [0.2, 0.25) is 0 Å². The zero-order valence-corrected chi connectivity index (χ0v) is 28.5. The van der Waals surface area contributed by atoms with E-state index in [0.717, 1.165) is 25.7 Å². The number of hydrogen-bond donors (Lipinski definition) is 6. The maximum atomic E-state index is 13.5. The standard InChI is InChI=1S/C28H50I2N2O6/c1-24(2,34)17-11-9-15(13-19(17)26(5,6)36)21(38-23(33)22(29)28-30(31-28)32-28)16-10-12-18(25(3,4)35)20(14-16)27(7,8)37/h15-22,31-32,34-37H,9-14H2,1-8H3. The molecule has 2 saturated carbocycles. The van der Waals surface area contributed by atoms with Gasteiger partial charge in [-0.25, -0.2) is 0 Å². The summed E-state index contributed by atoms with van der Waals surface area (Å²) in [5.74, 6) is -0.475. The average molecular weight is 765 g/mol. The molecule has 4 aliphatic rings. The molecule has 10 heteroatoms. The van der Waals surface area contributed by atoms with Crippen molar-refractivity contribution in [3.8, 4) is 0 Å². The van der Waals surface area contributed by atoms with Crippen molar-refractivity contribution in [1.29, 1.82) is 0 Å². The fraction of sp³-hybridized carbons (Fsp3) is 0.964. The van der Waals surface area contributed by atoms with Gasteiger partial charge in [0.05, 0.1) is 0 Å². The van der Waals surface area contributed by atoms with Crippen LogP contribution in [0.4, 0.5) is 0 Å². The molecule has 0 aromatic rings. The molecule has 2 aliphatic carbocycles. The van der Waals surface area contributed by atoms with Crippen LogP contribution in [0.1, 0.15) is 93.9 Å². The molecule has 4 fully saturated rings. The second-order valence-electron chi connectivity index (χ2n) is 14.6. The van der Waals surface area contributed by atoms with Gasteiger partial charge >= 0.3 is 251 Å². The molecule has 2 aliphatic heterocycles. The van der Waals surface area contributed by atoms with Crippen LogP contribution in [0.2, 0.25) is 0 Å². The van der Waals surface area contributed by atoms with E-state index >= 15 is 0 Å². The average Bonchev–Trinajstić information content (AvgIpc) is 3.64. The maximum absolute atomic E-state index is 13.5. The molecule has 4 rings (SSSR count). The van der Waals surface area contributed by atoms with Crippen molar-refractivity contribution >= 4 is 48.9 Å². The monoisotopic (exact) mass is 764 g/mol. The second-order valence-corrected chi connectivity index (χ2v) is 20.3. The molecular formula is C28H50I2N2O6. The molecule has 2 heterocycles. The van der Waals surface area contributed by atoms with Crippen LogP contribution < -0.4 is 7.06 Å². The molecule has 0 spiro atoms. The summed E-state index contributed by atoms with van der Waals surface area (Å²) in [4.78, 5) is 13.5. The van der Waals surface area contributed by atoms with E-state index in [2.05, 4.69) is 29.7 Å². The van der Waals surface area contributed by atoms with Gasteiger partial charge in [-0.1, -0.05) is 0 Å². The number of carbonyl (C=O) groups excluding carboxylic acids is 1. The minimum absolute atomic E-state index is 0.0511. The first-order valence-electron chi connectivity index (χ1n) is 14.2. The summed E-state index contributed by atoms with van der Waals surface area (Å²) in [5, 5.41) is 44.2. The van der Waals surface area contributed by atoms with Crippen LogP contribution in [0.15, 0.2) is 0 Å². The van der Waals surface area contributed by atoms with Crippen LogP contribution in [0.25, 0.3) is 0 Å². The summed E-state index contributed by atoms with van der Waals surface area (Å²) in [5.41, 5.74) is -3.79. The van der Waals surface area contributed by atoms with Crippen LogP contribution in [0.5, 0.6) is 0 Å². The molecule has 0 bridgehead atoms. The number of aliphatic hydroxyl groups is 4. The Morgan fingerprint density at radius 1 is 0.763 bits per heavy atom. The number of hydrogen-bond acceptors (Lipinski definition) is 8. The molecular weight excluding hydrogens is 714 g/mol. The Labute approximate surface area is 250 Å². The van der Waals surface area contributed by atoms with Crippen molar-refractivity contribution in [3.63, 3.8) is 0 Å². The Bertz CT molecular complexity index is 834. The third kappa shape index (κ3) is 6.52. The zero-order valence-electron chi connectivity index (χ0n) is 24.2. The fourth-order valence-electron chi connectivity index (χ4n) is 7.62. The number of alkyl halides is 2. The van der Waals surface area contributed by atoms with E-state index < -0.39 is 42.8 Å². The van der Waals surface area contributed by atoms with Crippen molar-refractivity contribution in [1.82, 2.24) is 7.06 Å². The topological polar surface area (TPSA) is 151 Å². The van der Waals surface area contributed by atoms with E-state index in [1.807, 2.05) is 55.4 Å². The Kier molecular flexibility index (Phi) is 8.69. The van der Waals surface area contributed by atoms with Crippen LogP contribution >= 0.6 is 43.0 Å². The van der Waals surface area contributed by atoms with Crippen LogP contribution in [0.3, 0.4) is 0 Å². The summed E-state index contributed by atoms with van der Waals surface area (Å²) in [6.45, 7) is 14.6. The molecule has 0 aromatic carbocycles. The van der Waals surface area contributed by atoms with Gasteiger partial charge in [0.25, 0.3) is 0 Å². The number of halogens is 2. The molecule has 7 unspecified atom stereocenters. The molecule has 8 nitrogen and oxygen atoms in total. The SMILES string of the molecule is CC(C)(O)C1CCC(C(OC(=O)C(I)C23NI2N3)C2CCC(C(C)(C)O)C(C(C)(C)O)C2)CC1C(C)(C)O. The predicted molar refractivity (Wildman–Crippen MR) is 165 cm³/mol. The molecule has 2 saturated heterocycles. The van der Waals surface area contributed by atoms with Crippen LogP contribution in [-0.2, 0) is 9.53 Å². The zero-order chi connectivity index (χ0) is 28.6. The van der Waals surface area contributed by atoms with E-state index in [4.69, 9.17) is 4.74 Å². The second kappa shape index (κ2) is 10.4. The first-order chi connectivity index (χ1) is 17.2. The normalized spacial score (nSPS) is 36.2. The van der Waals surface area contributed by atoms with Gasteiger partial charge in [0, 0.05) is 0 Å². The number of esters is 1. The van der Waals surface area contributed by atoms with Crippen molar-refractivity contribution in [2.24, 2.45) is 35.5 Å². The number of fused-ring (bicyclic) bond motifs is 1. The predicted octanol–water partition coefficient (Wildman–Crippen LogP) is 4.05. The Morgan fingerprint density at radius 2 is 1.11 bits per heavy atom. The minimum atomic E-state index is -1.31. The summed E-state index contributed by atoms with van der Waals surface area (Å²) < 4.78 is 12.9. The van der Waals surface area contributed by atoms with Crippen molar-refractivity contribution in [3.05, 3.63) is 0 Å². The van der Waals surface area contributed by atoms with E-state index in [1.54, 1.807) is 0 Å². The fourth-order valence-corrected chi connectivity index (χ4v) is 15.0. The van der Waals surface area contributed by atoms with Gasteiger partial charge in [-0.05, 0) is 0 Å². The van der Waals surface area contributed by atoms with Crippen molar-refractivity contribution < 1.29 is 30.0 Å². The number of ether oxygens (including phenoxy) is 1. The summed E-state index contributed by atoms with van der Waals surface area (Å²) in [6.07, 6.45) is 4.12. The molecule has 0 radical (unpaired) electrons. The van der Waals surface area contributed by atoms with E-state index in [0.29, 0.717) is 12.8 Å². The number of rotatable bonds is 9. The van der Waals surface area contributed by atoms with Crippen molar-refractivity contribution in [2.45, 2.75) is 130 Å². The quantitative estimate of drug-likeness (QED) is 0.0515. The van der Waals surface area contributed by atoms with Gasteiger partial charge in [0.15, 0.2) is 0 Å². The van der Waals surface area contributed by atoms with Gasteiger partial charge in [-0.2, -0.15) is 0 Å². The molecule has 0 aromatic heterocycles.